The number of hydrogen-bond acceptors (Lipinski definition) is 2. The second-order valence-corrected chi connectivity index (χ2v) is 5.32. The number of fused-ring (bicyclic) bond motifs is 1. The van der Waals surface area contributed by atoms with Crippen LogP contribution in [0, 0.1) is 6.92 Å². The predicted octanol–water partition coefficient (Wildman–Crippen LogP) is 3.67. The Balaban J connectivity index is 1.72. The van der Waals surface area contributed by atoms with Gasteiger partial charge in [-0.1, -0.05) is 12.1 Å². The summed E-state index contributed by atoms with van der Waals surface area (Å²) in [6.07, 6.45) is 2.24. The molecule has 112 valence electrons. The minimum atomic E-state index is -0.0355. The minimum Gasteiger partial charge on any atom is -0.497 e. The van der Waals surface area contributed by atoms with Gasteiger partial charge >= 0.3 is 0 Å². The smallest absolute Gasteiger partial charge is 0.228 e. The normalized spacial score (nSPS) is 10.6. The third-order valence-corrected chi connectivity index (χ3v) is 3.65. The summed E-state index contributed by atoms with van der Waals surface area (Å²) in [5.41, 5.74) is 4.03. The predicted molar refractivity (Wildman–Crippen MR) is 88.4 cm³/mol. The van der Waals surface area contributed by atoms with E-state index in [1.165, 1.54) is 5.56 Å². The minimum absolute atomic E-state index is 0.0355. The van der Waals surface area contributed by atoms with Crippen molar-refractivity contribution in [1.82, 2.24) is 4.98 Å². The fourth-order valence-corrected chi connectivity index (χ4v) is 2.50. The number of benzene rings is 2. The van der Waals surface area contributed by atoms with E-state index in [-0.39, 0.29) is 5.91 Å². The van der Waals surface area contributed by atoms with E-state index < -0.39 is 0 Å². The van der Waals surface area contributed by atoms with Crippen LogP contribution in [0.2, 0.25) is 0 Å². The molecule has 0 atom stereocenters. The van der Waals surface area contributed by atoms with Crippen molar-refractivity contribution in [2.75, 3.05) is 12.4 Å². The zero-order valence-electron chi connectivity index (χ0n) is 12.6. The van der Waals surface area contributed by atoms with Crippen LogP contribution >= 0.6 is 0 Å². The van der Waals surface area contributed by atoms with Gasteiger partial charge in [0.15, 0.2) is 0 Å². The SMILES string of the molecule is COc1ccc(NC(=O)Cc2c[nH]c3cc(C)ccc23)cc1. The molecule has 1 heterocycles. The van der Waals surface area contributed by atoms with E-state index in [0.717, 1.165) is 27.9 Å². The average molecular weight is 294 g/mol. The third-order valence-electron chi connectivity index (χ3n) is 3.65. The molecule has 0 saturated carbocycles. The largest absolute Gasteiger partial charge is 0.497 e. The van der Waals surface area contributed by atoms with Gasteiger partial charge in [0, 0.05) is 22.8 Å². The second kappa shape index (κ2) is 5.93. The molecule has 0 aliphatic carbocycles. The van der Waals surface area contributed by atoms with E-state index in [1.54, 1.807) is 7.11 Å². The Morgan fingerprint density at radius 2 is 1.95 bits per heavy atom. The lowest BCUT2D eigenvalue weighted by atomic mass is 10.1. The highest BCUT2D eigenvalue weighted by molar-refractivity contribution is 5.95. The van der Waals surface area contributed by atoms with E-state index >= 15 is 0 Å². The van der Waals surface area contributed by atoms with Crippen LogP contribution in [-0.4, -0.2) is 18.0 Å². The first-order chi connectivity index (χ1) is 10.7. The van der Waals surface area contributed by atoms with Crippen molar-refractivity contribution in [2.24, 2.45) is 0 Å². The summed E-state index contributed by atoms with van der Waals surface area (Å²) in [6, 6.07) is 13.5. The molecule has 4 heteroatoms. The molecule has 0 spiro atoms. The van der Waals surface area contributed by atoms with Crippen molar-refractivity contribution < 1.29 is 9.53 Å². The summed E-state index contributed by atoms with van der Waals surface area (Å²) >= 11 is 0. The van der Waals surface area contributed by atoms with Gasteiger partial charge < -0.3 is 15.0 Å². The summed E-state index contributed by atoms with van der Waals surface area (Å²) in [6.45, 7) is 2.05. The molecule has 0 aliphatic heterocycles. The molecule has 0 unspecified atom stereocenters. The molecular weight excluding hydrogens is 276 g/mol. The fraction of sp³-hybridized carbons (Fsp3) is 0.167. The van der Waals surface area contributed by atoms with Gasteiger partial charge in [0.1, 0.15) is 5.75 Å². The quantitative estimate of drug-likeness (QED) is 0.771. The third kappa shape index (κ3) is 2.96. The molecule has 0 bridgehead atoms. The fourth-order valence-electron chi connectivity index (χ4n) is 2.50. The van der Waals surface area contributed by atoms with Crippen LogP contribution in [-0.2, 0) is 11.2 Å². The van der Waals surface area contributed by atoms with Crippen LogP contribution < -0.4 is 10.1 Å². The molecule has 0 fully saturated rings. The van der Waals surface area contributed by atoms with Gasteiger partial charge in [0.25, 0.3) is 0 Å². The maximum Gasteiger partial charge on any atom is 0.228 e. The lowest BCUT2D eigenvalue weighted by Crippen LogP contribution is -2.14. The number of rotatable bonds is 4. The Morgan fingerprint density at radius 3 is 2.68 bits per heavy atom. The molecule has 1 aromatic heterocycles. The van der Waals surface area contributed by atoms with Gasteiger partial charge in [-0.25, -0.2) is 0 Å². The molecule has 2 aromatic carbocycles. The van der Waals surface area contributed by atoms with E-state index in [9.17, 15) is 4.79 Å². The van der Waals surface area contributed by atoms with E-state index in [4.69, 9.17) is 4.74 Å². The summed E-state index contributed by atoms with van der Waals surface area (Å²) < 4.78 is 5.10. The van der Waals surface area contributed by atoms with Gasteiger partial charge in [-0.05, 0) is 48.4 Å². The Morgan fingerprint density at radius 1 is 1.18 bits per heavy atom. The van der Waals surface area contributed by atoms with Crippen molar-refractivity contribution in [3.63, 3.8) is 0 Å². The molecule has 0 radical (unpaired) electrons. The van der Waals surface area contributed by atoms with Crippen LogP contribution in [0.15, 0.2) is 48.7 Å². The molecule has 0 aliphatic rings. The lowest BCUT2D eigenvalue weighted by molar-refractivity contribution is -0.115. The summed E-state index contributed by atoms with van der Waals surface area (Å²) in [5.74, 6) is 0.733. The lowest BCUT2D eigenvalue weighted by Gasteiger charge is -2.06. The number of carbonyl (C=O) groups excluding carboxylic acids is 1. The summed E-state index contributed by atoms with van der Waals surface area (Å²) in [7, 11) is 1.62. The number of nitrogens with one attached hydrogen (secondary N) is 2. The highest BCUT2D eigenvalue weighted by Crippen LogP contribution is 2.21. The Hall–Kier alpha value is -2.75. The Kier molecular flexibility index (Phi) is 3.83. The first kappa shape index (κ1) is 14.2. The van der Waals surface area contributed by atoms with Crippen LogP contribution in [0.3, 0.4) is 0 Å². The topological polar surface area (TPSA) is 54.1 Å². The number of ether oxygens (including phenoxy) is 1. The molecule has 1 amide bonds. The van der Waals surface area contributed by atoms with Gasteiger partial charge in [-0.15, -0.1) is 0 Å². The number of aromatic amines is 1. The maximum atomic E-state index is 12.2. The molecule has 4 nitrogen and oxygen atoms in total. The van der Waals surface area contributed by atoms with Gasteiger partial charge in [0.05, 0.1) is 13.5 Å². The second-order valence-electron chi connectivity index (χ2n) is 5.32. The standard InChI is InChI=1S/C18H18N2O2/c1-12-3-8-16-13(11-19-17(16)9-12)10-18(21)20-14-4-6-15(22-2)7-5-14/h3-9,11,19H,10H2,1-2H3,(H,20,21). The number of aromatic nitrogens is 1. The summed E-state index contributed by atoms with van der Waals surface area (Å²) in [5, 5.41) is 3.99. The number of methoxy groups -OCH3 is 1. The first-order valence-corrected chi connectivity index (χ1v) is 7.16. The Bertz CT molecular complexity index is 804. The van der Waals surface area contributed by atoms with Gasteiger partial charge in [0.2, 0.25) is 5.91 Å². The highest BCUT2D eigenvalue weighted by Gasteiger charge is 2.09. The number of hydrogen-bond donors (Lipinski definition) is 2. The molecule has 2 N–H and O–H groups in total. The molecule has 3 aromatic rings. The highest BCUT2D eigenvalue weighted by atomic mass is 16.5. The van der Waals surface area contributed by atoms with Crippen LogP contribution in [0.25, 0.3) is 10.9 Å². The van der Waals surface area contributed by atoms with Crippen molar-refractivity contribution in [3.8, 4) is 5.75 Å². The van der Waals surface area contributed by atoms with Crippen LogP contribution in [0.4, 0.5) is 5.69 Å². The van der Waals surface area contributed by atoms with E-state index in [1.807, 2.05) is 30.5 Å². The average Bonchev–Trinajstić information content (AvgIpc) is 2.90. The maximum absolute atomic E-state index is 12.2. The summed E-state index contributed by atoms with van der Waals surface area (Å²) in [4.78, 5) is 15.4. The van der Waals surface area contributed by atoms with Crippen molar-refractivity contribution in [2.45, 2.75) is 13.3 Å². The number of anilines is 1. The van der Waals surface area contributed by atoms with Crippen molar-refractivity contribution >= 4 is 22.5 Å². The van der Waals surface area contributed by atoms with Gasteiger partial charge in [-0.2, -0.15) is 0 Å². The number of amides is 1. The number of aryl methyl sites for hydroxylation is 1. The van der Waals surface area contributed by atoms with Crippen LogP contribution in [0.5, 0.6) is 5.75 Å². The first-order valence-electron chi connectivity index (χ1n) is 7.16. The van der Waals surface area contributed by atoms with Crippen molar-refractivity contribution in [3.05, 3.63) is 59.8 Å². The van der Waals surface area contributed by atoms with Gasteiger partial charge in [-0.3, -0.25) is 4.79 Å². The van der Waals surface area contributed by atoms with Crippen LogP contribution in [0.1, 0.15) is 11.1 Å². The number of carbonyl (C=O) groups is 1. The van der Waals surface area contributed by atoms with Crippen molar-refractivity contribution in [1.29, 1.82) is 0 Å². The molecule has 0 saturated heterocycles. The molecule has 3 rings (SSSR count). The zero-order chi connectivity index (χ0) is 15.5. The number of H-pyrrole nitrogens is 1. The zero-order valence-corrected chi connectivity index (χ0v) is 12.6. The monoisotopic (exact) mass is 294 g/mol. The van der Waals surface area contributed by atoms with E-state index in [2.05, 4.69) is 35.4 Å². The molecule has 22 heavy (non-hydrogen) atoms. The molecular formula is C18H18N2O2. The Labute approximate surface area is 129 Å². The van der Waals surface area contributed by atoms with E-state index in [0.29, 0.717) is 6.42 Å².